The van der Waals surface area contributed by atoms with Gasteiger partial charge in [0.05, 0.1) is 17.5 Å². The molecule has 1 aliphatic rings. The Morgan fingerprint density at radius 1 is 1.26 bits per heavy atom. The van der Waals surface area contributed by atoms with Crippen LogP contribution in [0.4, 0.5) is 5.69 Å². The zero-order chi connectivity index (χ0) is 21.9. The number of hydrogen-bond acceptors (Lipinski definition) is 6. The van der Waals surface area contributed by atoms with Crippen molar-refractivity contribution in [1.29, 1.82) is 0 Å². The van der Waals surface area contributed by atoms with Crippen molar-refractivity contribution >= 4 is 23.0 Å². The molecule has 0 spiro atoms. The van der Waals surface area contributed by atoms with Crippen LogP contribution in [0.3, 0.4) is 0 Å². The van der Waals surface area contributed by atoms with E-state index in [0.29, 0.717) is 19.2 Å². The molecule has 9 heteroatoms. The lowest BCUT2D eigenvalue weighted by Crippen LogP contribution is -2.43. The number of likely N-dealkylation sites (tertiary alicyclic amines) is 1. The van der Waals surface area contributed by atoms with Crippen molar-refractivity contribution < 1.29 is 9.66 Å². The van der Waals surface area contributed by atoms with Gasteiger partial charge < -0.3 is 15.4 Å². The molecule has 1 aromatic carbocycles. The molecule has 0 bridgehead atoms. The first kappa shape index (κ1) is 23.2. The fourth-order valence-corrected chi connectivity index (χ4v) is 4.49. The van der Waals surface area contributed by atoms with Crippen molar-refractivity contribution in [2.45, 2.75) is 31.8 Å². The Morgan fingerprint density at radius 2 is 2.03 bits per heavy atom. The Labute approximate surface area is 187 Å². The van der Waals surface area contributed by atoms with Crippen LogP contribution >= 0.6 is 11.3 Å². The summed E-state index contributed by atoms with van der Waals surface area (Å²) in [6.07, 6.45) is 3.38. The molecular formula is C22H31N5O3S. The van der Waals surface area contributed by atoms with Gasteiger partial charge in [-0.1, -0.05) is 18.2 Å². The SMILES string of the molecule is COCCCNC(=NCc1ccc([N+](=O)[O-])cc1)NCC(c1cccs1)N1CCCC1. The highest BCUT2D eigenvalue weighted by molar-refractivity contribution is 7.10. The molecule has 0 aliphatic carbocycles. The van der Waals surface area contributed by atoms with Gasteiger partial charge in [0.25, 0.3) is 5.69 Å². The van der Waals surface area contributed by atoms with Gasteiger partial charge in [0, 0.05) is 43.8 Å². The van der Waals surface area contributed by atoms with Gasteiger partial charge in [0.1, 0.15) is 0 Å². The quantitative estimate of drug-likeness (QED) is 0.181. The highest BCUT2D eigenvalue weighted by Crippen LogP contribution is 2.27. The Bertz CT molecular complexity index is 820. The van der Waals surface area contributed by atoms with Gasteiger partial charge in [-0.15, -0.1) is 11.3 Å². The summed E-state index contributed by atoms with van der Waals surface area (Å²) < 4.78 is 5.14. The van der Waals surface area contributed by atoms with E-state index in [1.807, 2.05) is 0 Å². The topological polar surface area (TPSA) is 92.0 Å². The molecule has 1 aliphatic heterocycles. The summed E-state index contributed by atoms with van der Waals surface area (Å²) in [5.74, 6) is 0.746. The number of nitrogens with one attached hydrogen (secondary N) is 2. The predicted octanol–water partition coefficient (Wildman–Crippen LogP) is 3.57. The van der Waals surface area contributed by atoms with Gasteiger partial charge in [0.15, 0.2) is 5.96 Å². The van der Waals surface area contributed by atoms with Crippen LogP contribution < -0.4 is 10.6 Å². The molecule has 0 saturated carbocycles. The fourth-order valence-electron chi connectivity index (χ4n) is 3.63. The maximum Gasteiger partial charge on any atom is 0.269 e. The second kappa shape index (κ2) is 12.4. The minimum absolute atomic E-state index is 0.0909. The van der Waals surface area contributed by atoms with E-state index in [4.69, 9.17) is 9.73 Å². The molecule has 2 N–H and O–H groups in total. The number of ether oxygens (including phenoxy) is 1. The van der Waals surface area contributed by atoms with Gasteiger partial charge >= 0.3 is 0 Å². The number of nitro benzene ring substituents is 1. The molecule has 1 saturated heterocycles. The third-order valence-electron chi connectivity index (χ3n) is 5.30. The fraction of sp³-hybridized carbons (Fsp3) is 0.500. The highest BCUT2D eigenvalue weighted by Gasteiger charge is 2.24. The van der Waals surface area contributed by atoms with Crippen molar-refractivity contribution in [2.75, 3.05) is 39.9 Å². The summed E-state index contributed by atoms with van der Waals surface area (Å²) in [4.78, 5) is 19.1. The van der Waals surface area contributed by atoms with Gasteiger partial charge in [-0.25, -0.2) is 4.99 Å². The number of nitrogens with zero attached hydrogens (tertiary/aromatic N) is 3. The van der Waals surface area contributed by atoms with Crippen LogP contribution in [0, 0.1) is 10.1 Å². The van der Waals surface area contributed by atoms with Crippen molar-refractivity contribution in [2.24, 2.45) is 4.99 Å². The van der Waals surface area contributed by atoms with Crippen LogP contribution in [0.5, 0.6) is 0 Å². The van der Waals surface area contributed by atoms with Crippen molar-refractivity contribution in [3.63, 3.8) is 0 Å². The minimum Gasteiger partial charge on any atom is -0.385 e. The number of rotatable bonds is 11. The minimum atomic E-state index is -0.388. The van der Waals surface area contributed by atoms with Crippen molar-refractivity contribution in [3.05, 3.63) is 62.3 Å². The van der Waals surface area contributed by atoms with Gasteiger partial charge in [-0.2, -0.15) is 0 Å². The molecule has 0 amide bonds. The predicted molar refractivity (Wildman–Crippen MR) is 125 cm³/mol. The normalized spacial score (nSPS) is 15.7. The maximum atomic E-state index is 10.8. The lowest BCUT2D eigenvalue weighted by Gasteiger charge is -2.27. The number of non-ortho nitro benzene ring substituents is 1. The Kier molecular flexibility index (Phi) is 9.26. The summed E-state index contributed by atoms with van der Waals surface area (Å²) in [7, 11) is 1.70. The number of guanidine groups is 1. The average Bonchev–Trinajstić information content (AvgIpc) is 3.50. The van der Waals surface area contributed by atoms with Crippen molar-refractivity contribution in [1.82, 2.24) is 15.5 Å². The van der Waals surface area contributed by atoms with E-state index in [2.05, 4.69) is 33.0 Å². The summed E-state index contributed by atoms with van der Waals surface area (Å²) in [5, 5.41) is 19.9. The molecule has 1 unspecified atom stereocenters. The number of nitro groups is 1. The zero-order valence-electron chi connectivity index (χ0n) is 18.0. The standard InChI is InChI=1S/C22H31N5O3S/c1-30-14-5-11-23-22(24-16-18-7-9-19(10-8-18)27(28)29)25-17-20(21-6-4-15-31-21)26-12-2-3-13-26/h4,6-10,15,20H,2-3,5,11-14,16-17H2,1H3,(H2,23,24,25). The Morgan fingerprint density at radius 3 is 2.68 bits per heavy atom. The molecule has 2 aromatic rings. The number of hydrogen-bond donors (Lipinski definition) is 2. The van der Waals surface area contributed by atoms with E-state index in [1.165, 1.54) is 29.9 Å². The molecule has 168 valence electrons. The van der Waals surface area contributed by atoms with E-state index in [0.717, 1.165) is 44.1 Å². The largest absolute Gasteiger partial charge is 0.385 e. The van der Waals surface area contributed by atoms with Crippen molar-refractivity contribution in [3.8, 4) is 0 Å². The summed E-state index contributed by atoms with van der Waals surface area (Å²) in [6, 6.07) is 11.2. The molecule has 0 radical (unpaired) electrons. The van der Waals surface area contributed by atoms with Crippen LogP contribution in [0.1, 0.15) is 35.7 Å². The van der Waals surface area contributed by atoms with E-state index < -0.39 is 0 Å². The first-order chi connectivity index (χ1) is 15.2. The van der Waals surface area contributed by atoms with E-state index >= 15 is 0 Å². The summed E-state index contributed by atoms with van der Waals surface area (Å²) in [6.45, 7) is 4.92. The second-order valence-electron chi connectivity index (χ2n) is 7.52. The monoisotopic (exact) mass is 445 g/mol. The van der Waals surface area contributed by atoms with Crippen LogP contribution in [-0.2, 0) is 11.3 Å². The van der Waals surface area contributed by atoms with Gasteiger partial charge in [-0.05, 0) is 49.4 Å². The maximum absolute atomic E-state index is 10.8. The number of benzene rings is 1. The van der Waals surface area contributed by atoms with Crippen LogP contribution in [-0.4, -0.2) is 55.7 Å². The van der Waals surface area contributed by atoms with E-state index in [1.54, 1.807) is 30.6 Å². The molecular weight excluding hydrogens is 414 g/mol. The molecule has 31 heavy (non-hydrogen) atoms. The van der Waals surface area contributed by atoms with E-state index in [-0.39, 0.29) is 10.6 Å². The zero-order valence-corrected chi connectivity index (χ0v) is 18.8. The number of aliphatic imine (C=N–C) groups is 1. The molecule has 3 rings (SSSR count). The molecule has 8 nitrogen and oxygen atoms in total. The number of thiophene rings is 1. The average molecular weight is 446 g/mol. The Balaban J connectivity index is 1.65. The van der Waals surface area contributed by atoms with Crippen LogP contribution in [0.15, 0.2) is 46.8 Å². The van der Waals surface area contributed by atoms with Crippen LogP contribution in [0.2, 0.25) is 0 Å². The summed E-state index contributed by atoms with van der Waals surface area (Å²) in [5.41, 5.74) is 1.02. The van der Waals surface area contributed by atoms with E-state index in [9.17, 15) is 10.1 Å². The number of methoxy groups -OCH3 is 1. The second-order valence-corrected chi connectivity index (χ2v) is 8.50. The lowest BCUT2D eigenvalue weighted by atomic mass is 10.2. The lowest BCUT2D eigenvalue weighted by molar-refractivity contribution is -0.384. The first-order valence-electron chi connectivity index (χ1n) is 10.7. The molecule has 2 heterocycles. The first-order valence-corrected chi connectivity index (χ1v) is 11.6. The summed E-state index contributed by atoms with van der Waals surface area (Å²) >= 11 is 1.79. The Hall–Kier alpha value is -2.49. The highest BCUT2D eigenvalue weighted by atomic mass is 32.1. The van der Waals surface area contributed by atoms with Gasteiger partial charge in [0.2, 0.25) is 0 Å². The third kappa shape index (κ3) is 7.30. The molecule has 1 fully saturated rings. The van der Waals surface area contributed by atoms with Gasteiger partial charge in [-0.3, -0.25) is 15.0 Å². The third-order valence-corrected chi connectivity index (χ3v) is 6.27. The molecule has 1 aromatic heterocycles. The van der Waals surface area contributed by atoms with Crippen LogP contribution in [0.25, 0.3) is 0 Å². The smallest absolute Gasteiger partial charge is 0.269 e. The molecule has 1 atom stereocenters.